The van der Waals surface area contributed by atoms with Gasteiger partial charge in [-0.1, -0.05) is 6.07 Å². The average Bonchev–Trinajstić information content (AvgIpc) is 3.15. The van der Waals surface area contributed by atoms with Crippen molar-refractivity contribution in [2.24, 2.45) is 0 Å². The summed E-state index contributed by atoms with van der Waals surface area (Å²) in [7, 11) is 0. The van der Waals surface area contributed by atoms with Crippen LogP contribution in [0.1, 0.15) is 5.56 Å². The fraction of sp³-hybridized carbons (Fsp3) is 0.267. The lowest BCUT2D eigenvalue weighted by Crippen LogP contribution is -2.18. The number of fused-ring (bicyclic) bond motifs is 2. The fourth-order valence-electron chi connectivity index (χ4n) is 2.66. The highest BCUT2D eigenvalue weighted by atomic mass is 16.7. The Morgan fingerprint density at radius 3 is 3.00 bits per heavy atom. The SMILES string of the molecule is Nc1ncnc2c1ncn2CC(O)Cc1ccc2c(c1)OCO2. The Kier molecular flexibility index (Phi) is 3.23. The van der Waals surface area contributed by atoms with Crippen molar-refractivity contribution in [2.45, 2.75) is 19.1 Å². The van der Waals surface area contributed by atoms with Crippen LogP contribution in [0, 0.1) is 0 Å². The van der Waals surface area contributed by atoms with E-state index in [0.29, 0.717) is 35.7 Å². The number of nitrogens with two attached hydrogens (primary N) is 1. The van der Waals surface area contributed by atoms with E-state index >= 15 is 0 Å². The maximum Gasteiger partial charge on any atom is 0.231 e. The van der Waals surface area contributed by atoms with E-state index in [-0.39, 0.29) is 6.79 Å². The largest absolute Gasteiger partial charge is 0.454 e. The van der Waals surface area contributed by atoms with Crippen LogP contribution in [0.25, 0.3) is 11.2 Å². The van der Waals surface area contributed by atoms with Gasteiger partial charge in [-0.2, -0.15) is 0 Å². The molecule has 1 aromatic carbocycles. The number of rotatable bonds is 4. The summed E-state index contributed by atoms with van der Waals surface area (Å²) in [6.45, 7) is 0.602. The monoisotopic (exact) mass is 313 g/mol. The molecule has 118 valence electrons. The molecule has 1 atom stereocenters. The standard InChI is InChI=1S/C15H15N5O3/c16-14-13-15(18-6-17-14)20(7-19-13)5-10(21)3-9-1-2-11-12(4-9)23-8-22-11/h1-2,4,6-7,10,21H,3,5,8H2,(H2,16,17,18). The third-order valence-electron chi connectivity index (χ3n) is 3.75. The third kappa shape index (κ3) is 2.53. The number of aliphatic hydroxyl groups is 1. The van der Waals surface area contributed by atoms with Crippen LogP contribution in [-0.2, 0) is 13.0 Å². The van der Waals surface area contributed by atoms with E-state index in [4.69, 9.17) is 15.2 Å². The maximum absolute atomic E-state index is 10.4. The Hall–Kier alpha value is -2.87. The molecule has 0 bridgehead atoms. The molecular weight excluding hydrogens is 298 g/mol. The Morgan fingerprint density at radius 1 is 1.22 bits per heavy atom. The summed E-state index contributed by atoms with van der Waals surface area (Å²) in [5.74, 6) is 1.78. The Bertz CT molecular complexity index is 863. The zero-order valence-electron chi connectivity index (χ0n) is 12.2. The molecule has 3 aromatic rings. The zero-order valence-corrected chi connectivity index (χ0v) is 12.2. The second-order valence-electron chi connectivity index (χ2n) is 5.37. The fourth-order valence-corrected chi connectivity index (χ4v) is 2.66. The molecule has 1 unspecified atom stereocenters. The first-order valence-corrected chi connectivity index (χ1v) is 7.18. The van der Waals surface area contributed by atoms with Crippen molar-refractivity contribution in [3.63, 3.8) is 0 Å². The van der Waals surface area contributed by atoms with E-state index < -0.39 is 6.10 Å². The summed E-state index contributed by atoms with van der Waals surface area (Å²) >= 11 is 0. The predicted octanol–water partition coefficient (Wildman–Crippen LogP) is 0.741. The van der Waals surface area contributed by atoms with Crippen molar-refractivity contribution < 1.29 is 14.6 Å². The molecule has 1 aliphatic heterocycles. The molecular formula is C15H15N5O3. The van der Waals surface area contributed by atoms with E-state index in [1.807, 2.05) is 18.2 Å². The minimum atomic E-state index is -0.594. The third-order valence-corrected chi connectivity index (χ3v) is 3.75. The van der Waals surface area contributed by atoms with Gasteiger partial charge in [0, 0.05) is 6.42 Å². The smallest absolute Gasteiger partial charge is 0.231 e. The first kappa shape index (κ1) is 13.8. The van der Waals surface area contributed by atoms with Gasteiger partial charge < -0.3 is 24.9 Å². The van der Waals surface area contributed by atoms with Crippen LogP contribution in [0.15, 0.2) is 30.9 Å². The highest BCUT2D eigenvalue weighted by Crippen LogP contribution is 2.32. The topological polar surface area (TPSA) is 108 Å². The van der Waals surface area contributed by atoms with Crippen LogP contribution in [0.3, 0.4) is 0 Å². The summed E-state index contributed by atoms with van der Waals surface area (Å²) in [6.07, 6.45) is 2.89. The Morgan fingerprint density at radius 2 is 2.09 bits per heavy atom. The second kappa shape index (κ2) is 5.40. The molecule has 0 spiro atoms. The molecule has 0 saturated heterocycles. The number of benzene rings is 1. The average molecular weight is 313 g/mol. The van der Waals surface area contributed by atoms with Crippen molar-refractivity contribution in [1.82, 2.24) is 19.5 Å². The van der Waals surface area contributed by atoms with Gasteiger partial charge in [0.25, 0.3) is 0 Å². The Balaban J connectivity index is 1.51. The first-order valence-electron chi connectivity index (χ1n) is 7.18. The lowest BCUT2D eigenvalue weighted by molar-refractivity contribution is 0.155. The molecule has 8 nitrogen and oxygen atoms in total. The molecule has 4 rings (SSSR count). The molecule has 23 heavy (non-hydrogen) atoms. The number of nitrogens with zero attached hydrogens (tertiary/aromatic N) is 4. The summed E-state index contributed by atoms with van der Waals surface area (Å²) in [6, 6.07) is 5.66. The minimum absolute atomic E-state index is 0.240. The van der Waals surface area contributed by atoms with Gasteiger partial charge in [-0.05, 0) is 17.7 Å². The normalized spacial score (nSPS) is 14.3. The van der Waals surface area contributed by atoms with Gasteiger partial charge in [0.2, 0.25) is 6.79 Å². The molecule has 3 heterocycles. The van der Waals surface area contributed by atoms with Crippen LogP contribution < -0.4 is 15.2 Å². The molecule has 0 fully saturated rings. The molecule has 0 radical (unpaired) electrons. The number of anilines is 1. The van der Waals surface area contributed by atoms with Crippen molar-refractivity contribution in [3.05, 3.63) is 36.4 Å². The molecule has 8 heteroatoms. The molecule has 0 amide bonds. The minimum Gasteiger partial charge on any atom is -0.454 e. The van der Waals surface area contributed by atoms with Crippen molar-refractivity contribution >= 4 is 17.0 Å². The summed E-state index contributed by atoms with van der Waals surface area (Å²) < 4.78 is 12.4. The van der Waals surface area contributed by atoms with E-state index in [9.17, 15) is 5.11 Å². The molecule has 2 aromatic heterocycles. The van der Waals surface area contributed by atoms with Gasteiger partial charge in [0.1, 0.15) is 11.8 Å². The lowest BCUT2D eigenvalue weighted by Gasteiger charge is -2.12. The first-order chi connectivity index (χ1) is 11.2. The number of ether oxygens (including phenoxy) is 2. The van der Waals surface area contributed by atoms with Crippen LogP contribution in [-0.4, -0.2) is 37.5 Å². The van der Waals surface area contributed by atoms with Gasteiger partial charge in [-0.15, -0.1) is 0 Å². The Labute approximate surface area is 131 Å². The number of hydrogen-bond donors (Lipinski definition) is 2. The van der Waals surface area contributed by atoms with Gasteiger partial charge in [-0.3, -0.25) is 0 Å². The molecule has 3 N–H and O–H groups in total. The summed E-state index contributed by atoms with van der Waals surface area (Å²) in [5, 5.41) is 10.4. The van der Waals surface area contributed by atoms with E-state index in [0.717, 1.165) is 11.3 Å². The number of hydrogen-bond acceptors (Lipinski definition) is 7. The van der Waals surface area contributed by atoms with Crippen molar-refractivity contribution in [1.29, 1.82) is 0 Å². The number of nitrogen functional groups attached to an aromatic ring is 1. The quantitative estimate of drug-likeness (QED) is 0.731. The highest BCUT2D eigenvalue weighted by molar-refractivity contribution is 5.81. The number of imidazole rings is 1. The van der Waals surface area contributed by atoms with E-state index in [2.05, 4.69) is 15.0 Å². The van der Waals surface area contributed by atoms with E-state index in [1.54, 1.807) is 10.9 Å². The van der Waals surface area contributed by atoms with Gasteiger partial charge in [-0.25, -0.2) is 15.0 Å². The highest BCUT2D eigenvalue weighted by Gasteiger charge is 2.16. The van der Waals surface area contributed by atoms with Crippen LogP contribution in [0.2, 0.25) is 0 Å². The maximum atomic E-state index is 10.4. The van der Waals surface area contributed by atoms with Gasteiger partial charge in [0.05, 0.1) is 19.0 Å². The van der Waals surface area contributed by atoms with Crippen molar-refractivity contribution in [3.8, 4) is 11.5 Å². The molecule has 0 aliphatic carbocycles. The van der Waals surface area contributed by atoms with Crippen LogP contribution in [0.5, 0.6) is 11.5 Å². The molecule has 1 aliphatic rings. The lowest BCUT2D eigenvalue weighted by atomic mass is 10.1. The van der Waals surface area contributed by atoms with Crippen LogP contribution >= 0.6 is 0 Å². The second-order valence-corrected chi connectivity index (χ2v) is 5.37. The summed E-state index contributed by atoms with van der Waals surface area (Å²) in [5.41, 5.74) is 7.89. The van der Waals surface area contributed by atoms with Crippen LogP contribution in [0.4, 0.5) is 5.82 Å². The van der Waals surface area contributed by atoms with Gasteiger partial charge in [0.15, 0.2) is 23.0 Å². The predicted molar refractivity (Wildman–Crippen MR) is 82.0 cm³/mol. The summed E-state index contributed by atoms with van der Waals surface area (Å²) in [4.78, 5) is 12.3. The van der Waals surface area contributed by atoms with E-state index in [1.165, 1.54) is 6.33 Å². The molecule has 0 saturated carbocycles. The van der Waals surface area contributed by atoms with Crippen molar-refractivity contribution in [2.75, 3.05) is 12.5 Å². The number of aliphatic hydroxyl groups excluding tert-OH is 1. The van der Waals surface area contributed by atoms with Gasteiger partial charge >= 0.3 is 0 Å². The number of aromatic nitrogens is 4. The zero-order chi connectivity index (χ0) is 15.8.